The molecule has 1 saturated heterocycles. The number of hydrogen-bond donors (Lipinski definition) is 2. The first-order valence-electron chi connectivity index (χ1n) is 6.36. The van der Waals surface area contributed by atoms with Crippen LogP contribution in [0.3, 0.4) is 0 Å². The number of hydrogen-bond acceptors (Lipinski definition) is 4. The zero-order chi connectivity index (χ0) is 11.8. The Hall–Kier alpha value is -0.845. The van der Waals surface area contributed by atoms with Gasteiger partial charge in [0.25, 0.3) is 0 Å². The van der Waals surface area contributed by atoms with E-state index >= 15 is 0 Å². The summed E-state index contributed by atoms with van der Waals surface area (Å²) in [5.41, 5.74) is 2.46. The predicted molar refractivity (Wildman–Crippen MR) is 64.4 cm³/mol. The van der Waals surface area contributed by atoms with Crippen LogP contribution in [0, 0.1) is 0 Å². The number of aryl methyl sites for hydroxylation is 2. The van der Waals surface area contributed by atoms with Gasteiger partial charge < -0.3 is 10.0 Å². The molecule has 2 N–H and O–H groups in total. The van der Waals surface area contributed by atoms with Gasteiger partial charge in [-0.25, -0.2) is 0 Å². The highest BCUT2D eigenvalue weighted by Crippen LogP contribution is 2.24. The summed E-state index contributed by atoms with van der Waals surface area (Å²) in [5, 5.41) is 22.9. The molecule has 1 fully saturated rings. The molecule has 1 atom stereocenters. The second-order valence-electron chi connectivity index (χ2n) is 5.15. The first kappa shape index (κ1) is 11.3. The highest BCUT2D eigenvalue weighted by atomic mass is 16.4. The molecule has 0 saturated carbocycles. The molecule has 0 spiro atoms. The van der Waals surface area contributed by atoms with Crippen LogP contribution in [0.4, 0.5) is 0 Å². The van der Waals surface area contributed by atoms with Crippen molar-refractivity contribution in [1.29, 1.82) is 0 Å². The molecule has 3 rings (SSSR count). The van der Waals surface area contributed by atoms with E-state index in [4.69, 9.17) is 10.0 Å². The molecular weight excluding hydrogens is 217 g/mol. The smallest absolute Gasteiger partial charge is 0.427 e. The average molecular weight is 235 g/mol. The van der Waals surface area contributed by atoms with Crippen molar-refractivity contribution < 1.29 is 10.0 Å². The molecular formula is C11H18BN3O2. The monoisotopic (exact) mass is 235 g/mol. The summed E-state index contributed by atoms with van der Waals surface area (Å²) in [6.07, 6.45) is 3.22. The van der Waals surface area contributed by atoms with Crippen LogP contribution in [0.15, 0.2) is 6.07 Å². The zero-order valence-electron chi connectivity index (χ0n) is 9.92. The summed E-state index contributed by atoms with van der Waals surface area (Å²) in [7, 11) is -1.17. The van der Waals surface area contributed by atoms with E-state index in [0.29, 0.717) is 0 Å². The average Bonchev–Trinajstić information content (AvgIpc) is 2.91. The van der Waals surface area contributed by atoms with Crippen LogP contribution < -0.4 is 0 Å². The van der Waals surface area contributed by atoms with Gasteiger partial charge in [0.05, 0.1) is 5.69 Å². The lowest BCUT2D eigenvalue weighted by Crippen LogP contribution is -2.25. The molecule has 1 unspecified atom stereocenters. The fourth-order valence-electron chi connectivity index (χ4n) is 2.88. The van der Waals surface area contributed by atoms with Crippen LogP contribution in [0.5, 0.6) is 0 Å². The Kier molecular flexibility index (Phi) is 2.94. The Morgan fingerprint density at radius 3 is 3.00 bits per heavy atom. The highest BCUT2D eigenvalue weighted by Gasteiger charge is 2.31. The number of rotatable bonds is 3. The summed E-state index contributed by atoms with van der Waals surface area (Å²) in [4.78, 5) is 2.25. The van der Waals surface area contributed by atoms with E-state index in [2.05, 4.69) is 20.7 Å². The lowest BCUT2D eigenvalue weighted by Gasteiger charge is -2.14. The maximum Gasteiger partial charge on any atom is 0.456 e. The second-order valence-corrected chi connectivity index (χ2v) is 5.15. The van der Waals surface area contributed by atoms with Crippen molar-refractivity contribution in [2.24, 2.45) is 0 Å². The van der Waals surface area contributed by atoms with Crippen molar-refractivity contribution in [3.05, 3.63) is 17.5 Å². The molecule has 0 radical (unpaired) electrons. The van der Waals surface area contributed by atoms with Crippen molar-refractivity contribution in [3.8, 4) is 0 Å². The fourth-order valence-corrected chi connectivity index (χ4v) is 2.88. The molecule has 3 heterocycles. The van der Waals surface area contributed by atoms with Gasteiger partial charge in [-0.1, -0.05) is 0 Å². The largest absolute Gasteiger partial charge is 0.456 e. The van der Waals surface area contributed by atoms with Crippen molar-refractivity contribution in [2.45, 2.75) is 38.2 Å². The van der Waals surface area contributed by atoms with E-state index in [9.17, 15) is 0 Å². The minimum Gasteiger partial charge on any atom is -0.427 e. The zero-order valence-corrected chi connectivity index (χ0v) is 9.92. The SMILES string of the molecule is OB(O)C1CCN(Cc2cc3n(n2)CCC3)C1. The first-order chi connectivity index (χ1) is 8.22. The third-order valence-electron chi connectivity index (χ3n) is 3.83. The molecule has 0 bridgehead atoms. The molecule has 0 aliphatic carbocycles. The second kappa shape index (κ2) is 4.44. The minimum absolute atomic E-state index is 0.00413. The van der Waals surface area contributed by atoms with Gasteiger partial charge >= 0.3 is 7.12 Å². The first-order valence-corrected chi connectivity index (χ1v) is 6.36. The quantitative estimate of drug-likeness (QED) is 0.717. The topological polar surface area (TPSA) is 61.5 Å². The Balaban J connectivity index is 1.60. The van der Waals surface area contributed by atoms with Gasteiger partial charge in [0.15, 0.2) is 0 Å². The van der Waals surface area contributed by atoms with Crippen LogP contribution in [0.25, 0.3) is 0 Å². The predicted octanol–water partition coefficient (Wildman–Crippen LogP) is -0.122. The van der Waals surface area contributed by atoms with Crippen molar-refractivity contribution in [3.63, 3.8) is 0 Å². The van der Waals surface area contributed by atoms with Crippen LogP contribution in [-0.4, -0.2) is 44.9 Å². The summed E-state index contributed by atoms with van der Waals surface area (Å²) in [6, 6.07) is 2.19. The van der Waals surface area contributed by atoms with Gasteiger partial charge in [0, 0.05) is 24.6 Å². The molecule has 2 aliphatic heterocycles. The van der Waals surface area contributed by atoms with Gasteiger partial charge in [0.1, 0.15) is 0 Å². The standard InChI is InChI=1S/C11H18BN3O2/c16-12(17)9-3-5-14(7-9)8-10-6-11-2-1-4-15(11)13-10/h6,9,16-17H,1-5,7-8H2. The van der Waals surface area contributed by atoms with E-state index in [-0.39, 0.29) is 5.82 Å². The third-order valence-corrected chi connectivity index (χ3v) is 3.83. The third kappa shape index (κ3) is 2.25. The van der Waals surface area contributed by atoms with Crippen molar-refractivity contribution in [1.82, 2.24) is 14.7 Å². The number of aromatic nitrogens is 2. The van der Waals surface area contributed by atoms with E-state index < -0.39 is 7.12 Å². The Bertz CT molecular complexity index is 386. The lowest BCUT2D eigenvalue weighted by molar-refractivity contribution is 0.316. The van der Waals surface area contributed by atoms with Gasteiger partial charge in [-0.3, -0.25) is 9.58 Å². The number of nitrogens with zero attached hydrogens (tertiary/aromatic N) is 3. The normalized spacial score (nSPS) is 24.2. The van der Waals surface area contributed by atoms with Gasteiger partial charge in [0.2, 0.25) is 0 Å². The lowest BCUT2D eigenvalue weighted by atomic mass is 9.72. The van der Waals surface area contributed by atoms with E-state index in [0.717, 1.165) is 44.7 Å². The maximum atomic E-state index is 9.14. The summed E-state index contributed by atoms with van der Waals surface area (Å²) < 4.78 is 2.10. The minimum atomic E-state index is -1.17. The van der Waals surface area contributed by atoms with Gasteiger partial charge in [-0.2, -0.15) is 5.10 Å². The molecule has 0 amide bonds. The summed E-state index contributed by atoms with van der Waals surface area (Å²) >= 11 is 0. The molecule has 17 heavy (non-hydrogen) atoms. The molecule has 6 heteroatoms. The Morgan fingerprint density at radius 1 is 1.41 bits per heavy atom. The van der Waals surface area contributed by atoms with Gasteiger partial charge in [-0.05, 0) is 38.4 Å². The Labute approximate surface area is 101 Å². The van der Waals surface area contributed by atoms with E-state index in [1.165, 1.54) is 12.1 Å². The summed E-state index contributed by atoms with van der Waals surface area (Å²) in [5.74, 6) is 0.00413. The van der Waals surface area contributed by atoms with Crippen LogP contribution >= 0.6 is 0 Å². The maximum absolute atomic E-state index is 9.14. The van der Waals surface area contributed by atoms with E-state index in [1.807, 2.05) is 0 Å². The number of likely N-dealkylation sites (tertiary alicyclic amines) is 1. The van der Waals surface area contributed by atoms with Gasteiger partial charge in [-0.15, -0.1) is 0 Å². The molecule has 1 aromatic rings. The molecule has 5 nitrogen and oxygen atoms in total. The van der Waals surface area contributed by atoms with Crippen LogP contribution in [0.1, 0.15) is 24.2 Å². The molecule has 92 valence electrons. The van der Waals surface area contributed by atoms with Crippen LogP contribution in [-0.2, 0) is 19.5 Å². The van der Waals surface area contributed by atoms with Crippen LogP contribution in [0.2, 0.25) is 5.82 Å². The van der Waals surface area contributed by atoms with E-state index in [1.54, 1.807) is 0 Å². The fraction of sp³-hybridized carbons (Fsp3) is 0.727. The molecule has 2 aliphatic rings. The highest BCUT2D eigenvalue weighted by molar-refractivity contribution is 6.43. The molecule has 1 aromatic heterocycles. The number of fused-ring (bicyclic) bond motifs is 1. The Morgan fingerprint density at radius 2 is 2.29 bits per heavy atom. The molecule has 0 aromatic carbocycles. The summed E-state index contributed by atoms with van der Waals surface area (Å²) in [6.45, 7) is 3.58. The van der Waals surface area contributed by atoms with Crippen molar-refractivity contribution in [2.75, 3.05) is 13.1 Å². The van der Waals surface area contributed by atoms with Crippen molar-refractivity contribution >= 4 is 7.12 Å².